The minimum absolute atomic E-state index is 0.781. The second-order valence-corrected chi connectivity index (χ2v) is 4.41. The lowest BCUT2D eigenvalue weighted by atomic mass is 10.2. The van der Waals surface area contributed by atoms with E-state index in [-0.39, 0.29) is 0 Å². The Labute approximate surface area is 104 Å². The molecule has 0 spiro atoms. The van der Waals surface area contributed by atoms with Crippen molar-refractivity contribution >= 4 is 27.5 Å². The maximum atomic E-state index is 6.05. The fourth-order valence-corrected chi connectivity index (χ4v) is 1.77. The Balaban J connectivity index is 2.42. The zero-order valence-electron chi connectivity index (χ0n) is 8.61. The van der Waals surface area contributed by atoms with Crippen molar-refractivity contribution in [3.63, 3.8) is 0 Å². The first-order valence-corrected chi connectivity index (χ1v) is 5.95. The molecule has 0 aromatic heterocycles. The van der Waals surface area contributed by atoms with E-state index < -0.39 is 0 Å². The molecule has 3 heteroatoms. The Kier molecular flexibility index (Phi) is 5.78. The van der Waals surface area contributed by atoms with Crippen LogP contribution in [0, 0.1) is 11.8 Å². The van der Waals surface area contributed by atoms with Crippen molar-refractivity contribution in [2.24, 2.45) is 0 Å². The standard InChI is InChI=1S/C12H13BrClN/c1-2-3-4-7-15-9-10-8-11(13)5-6-12(10)14/h5-6,8,15H,4,7,9H2,1H3. The van der Waals surface area contributed by atoms with E-state index in [9.17, 15) is 0 Å². The summed E-state index contributed by atoms with van der Waals surface area (Å²) in [6, 6.07) is 5.86. The lowest BCUT2D eigenvalue weighted by molar-refractivity contribution is 0.701. The molecule has 0 bridgehead atoms. The molecule has 0 radical (unpaired) electrons. The van der Waals surface area contributed by atoms with Crippen molar-refractivity contribution in [3.8, 4) is 11.8 Å². The van der Waals surface area contributed by atoms with Crippen molar-refractivity contribution in [3.05, 3.63) is 33.3 Å². The largest absolute Gasteiger partial charge is 0.312 e. The molecule has 0 aliphatic rings. The van der Waals surface area contributed by atoms with Gasteiger partial charge in [0.25, 0.3) is 0 Å². The first-order valence-electron chi connectivity index (χ1n) is 4.78. The van der Waals surface area contributed by atoms with Crippen molar-refractivity contribution in [2.75, 3.05) is 6.54 Å². The van der Waals surface area contributed by atoms with Gasteiger partial charge in [0.1, 0.15) is 0 Å². The Bertz CT molecular complexity index is 379. The summed E-state index contributed by atoms with van der Waals surface area (Å²) in [4.78, 5) is 0. The lowest BCUT2D eigenvalue weighted by Crippen LogP contribution is -2.14. The van der Waals surface area contributed by atoms with Crippen LogP contribution < -0.4 is 5.32 Å². The fourth-order valence-electron chi connectivity index (χ4n) is 1.18. The quantitative estimate of drug-likeness (QED) is 0.659. The van der Waals surface area contributed by atoms with Gasteiger partial charge in [-0.15, -0.1) is 11.8 Å². The molecule has 0 aliphatic carbocycles. The highest BCUT2D eigenvalue weighted by atomic mass is 79.9. The SMILES string of the molecule is CC#CCCNCc1cc(Br)ccc1Cl. The van der Waals surface area contributed by atoms with Gasteiger partial charge in [-0.05, 0) is 30.7 Å². The Morgan fingerprint density at radius 1 is 1.47 bits per heavy atom. The molecule has 1 N–H and O–H groups in total. The summed E-state index contributed by atoms with van der Waals surface area (Å²) in [6.45, 7) is 3.53. The van der Waals surface area contributed by atoms with Crippen LogP contribution in [-0.4, -0.2) is 6.54 Å². The van der Waals surface area contributed by atoms with E-state index in [4.69, 9.17) is 11.6 Å². The van der Waals surface area contributed by atoms with Gasteiger partial charge in [0.05, 0.1) is 0 Å². The summed E-state index contributed by atoms with van der Waals surface area (Å²) in [5.41, 5.74) is 1.11. The van der Waals surface area contributed by atoms with Crippen LogP contribution in [-0.2, 0) is 6.54 Å². The van der Waals surface area contributed by atoms with Crippen LogP contribution in [0.4, 0.5) is 0 Å². The highest BCUT2D eigenvalue weighted by molar-refractivity contribution is 9.10. The summed E-state index contributed by atoms with van der Waals surface area (Å²) in [5, 5.41) is 4.10. The average molecular weight is 287 g/mol. The molecule has 1 aromatic rings. The van der Waals surface area contributed by atoms with Gasteiger partial charge in [0, 0.05) is 29.0 Å². The zero-order chi connectivity index (χ0) is 11.1. The highest BCUT2D eigenvalue weighted by Gasteiger charge is 1.99. The van der Waals surface area contributed by atoms with E-state index in [0.717, 1.165) is 34.6 Å². The summed E-state index contributed by atoms with van der Waals surface area (Å²) in [7, 11) is 0. The Morgan fingerprint density at radius 2 is 2.27 bits per heavy atom. The van der Waals surface area contributed by atoms with Gasteiger partial charge >= 0.3 is 0 Å². The van der Waals surface area contributed by atoms with Crippen LogP contribution in [0.15, 0.2) is 22.7 Å². The maximum Gasteiger partial charge on any atom is 0.0451 e. The molecule has 80 valence electrons. The van der Waals surface area contributed by atoms with Crippen molar-refractivity contribution in [2.45, 2.75) is 19.9 Å². The van der Waals surface area contributed by atoms with E-state index in [1.54, 1.807) is 0 Å². The molecule has 1 aromatic carbocycles. The van der Waals surface area contributed by atoms with E-state index >= 15 is 0 Å². The van der Waals surface area contributed by atoms with Gasteiger partial charge in [0.15, 0.2) is 0 Å². The van der Waals surface area contributed by atoms with Gasteiger partial charge in [-0.2, -0.15) is 0 Å². The van der Waals surface area contributed by atoms with Gasteiger partial charge in [-0.3, -0.25) is 0 Å². The molecule has 0 aliphatic heterocycles. The van der Waals surface area contributed by atoms with Gasteiger partial charge in [0.2, 0.25) is 0 Å². The molecule has 0 amide bonds. The molecule has 0 saturated carbocycles. The predicted octanol–water partition coefficient (Wildman–Crippen LogP) is 3.61. The topological polar surface area (TPSA) is 12.0 Å². The predicted molar refractivity (Wildman–Crippen MR) is 68.9 cm³/mol. The van der Waals surface area contributed by atoms with Crippen LogP contribution in [0.25, 0.3) is 0 Å². The minimum Gasteiger partial charge on any atom is -0.312 e. The first-order chi connectivity index (χ1) is 7.24. The molecule has 0 unspecified atom stereocenters. The Morgan fingerprint density at radius 3 is 3.00 bits per heavy atom. The number of nitrogens with one attached hydrogen (secondary N) is 1. The lowest BCUT2D eigenvalue weighted by Gasteiger charge is -2.05. The number of halogens is 2. The normalized spacial score (nSPS) is 9.53. The van der Waals surface area contributed by atoms with Crippen LogP contribution in [0.1, 0.15) is 18.9 Å². The smallest absolute Gasteiger partial charge is 0.0451 e. The van der Waals surface area contributed by atoms with Crippen molar-refractivity contribution in [1.82, 2.24) is 5.32 Å². The van der Waals surface area contributed by atoms with Crippen LogP contribution in [0.2, 0.25) is 5.02 Å². The monoisotopic (exact) mass is 285 g/mol. The second kappa shape index (κ2) is 6.90. The third kappa shape index (κ3) is 4.70. The Hall–Kier alpha value is -0.490. The molecule has 1 rings (SSSR count). The molecule has 1 nitrogen and oxygen atoms in total. The molecular weight excluding hydrogens is 273 g/mol. The minimum atomic E-state index is 0.781. The number of rotatable bonds is 4. The van der Waals surface area contributed by atoms with Crippen molar-refractivity contribution in [1.29, 1.82) is 0 Å². The van der Waals surface area contributed by atoms with Crippen LogP contribution in [0.5, 0.6) is 0 Å². The number of hydrogen-bond acceptors (Lipinski definition) is 1. The molecule has 0 heterocycles. The molecule has 15 heavy (non-hydrogen) atoms. The summed E-state index contributed by atoms with van der Waals surface area (Å²) < 4.78 is 1.05. The van der Waals surface area contributed by atoms with Gasteiger partial charge in [-0.1, -0.05) is 27.5 Å². The fraction of sp³-hybridized carbons (Fsp3) is 0.333. The first kappa shape index (κ1) is 12.6. The molecule has 0 saturated heterocycles. The van der Waals surface area contributed by atoms with E-state index in [2.05, 4.69) is 33.1 Å². The third-order valence-corrected chi connectivity index (χ3v) is 2.79. The van der Waals surface area contributed by atoms with Gasteiger partial charge in [-0.25, -0.2) is 0 Å². The molecule has 0 atom stereocenters. The summed E-state index contributed by atoms with van der Waals surface area (Å²) in [6.07, 6.45) is 0.877. The third-order valence-electron chi connectivity index (χ3n) is 1.93. The molecule has 0 fully saturated rings. The van der Waals surface area contributed by atoms with Crippen LogP contribution in [0.3, 0.4) is 0 Å². The summed E-state index contributed by atoms with van der Waals surface area (Å²) in [5.74, 6) is 5.87. The second-order valence-electron chi connectivity index (χ2n) is 3.09. The van der Waals surface area contributed by atoms with E-state index in [1.807, 2.05) is 25.1 Å². The number of hydrogen-bond donors (Lipinski definition) is 1. The average Bonchev–Trinajstić information content (AvgIpc) is 2.23. The highest BCUT2D eigenvalue weighted by Crippen LogP contribution is 2.20. The summed E-state index contributed by atoms with van der Waals surface area (Å²) >= 11 is 9.47. The maximum absolute atomic E-state index is 6.05. The van der Waals surface area contributed by atoms with E-state index in [0.29, 0.717) is 0 Å². The van der Waals surface area contributed by atoms with Crippen LogP contribution >= 0.6 is 27.5 Å². The number of benzene rings is 1. The van der Waals surface area contributed by atoms with E-state index in [1.165, 1.54) is 0 Å². The molecular formula is C12H13BrClN. The van der Waals surface area contributed by atoms with Gasteiger partial charge < -0.3 is 5.32 Å². The zero-order valence-corrected chi connectivity index (χ0v) is 11.0. The van der Waals surface area contributed by atoms with Crippen molar-refractivity contribution < 1.29 is 0 Å².